The summed E-state index contributed by atoms with van der Waals surface area (Å²) in [4.78, 5) is 14.6. The topological polar surface area (TPSA) is 50.2 Å². The minimum absolute atomic E-state index is 0.122. The zero-order valence-electron chi connectivity index (χ0n) is 15.1. The van der Waals surface area contributed by atoms with Crippen LogP contribution in [0.5, 0.6) is 0 Å². The second-order valence-electron chi connectivity index (χ2n) is 6.70. The molecule has 1 aliphatic rings. The number of carbonyl (C=O) groups is 1. The largest absolute Gasteiger partial charge is 0.342 e. The first-order valence-corrected chi connectivity index (χ1v) is 8.75. The number of aryl methyl sites for hydroxylation is 1. The maximum atomic E-state index is 13.1. The zero-order valence-corrected chi connectivity index (χ0v) is 15.1. The van der Waals surface area contributed by atoms with Crippen molar-refractivity contribution >= 4 is 5.91 Å². The highest BCUT2D eigenvalue weighted by atomic mass is 19.1. The summed E-state index contributed by atoms with van der Waals surface area (Å²) in [6, 6.07) is 6.54. The Morgan fingerprint density at radius 2 is 1.92 bits per heavy atom. The van der Waals surface area contributed by atoms with Crippen molar-refractivity contribution in [1.82, 2.24) is 20.0 Å². The molecule has 2 aromatic rings. The van der Waals surface area contributed by atoms with Gasteiger partial charge in [0.25, 0.3) is 0 Å². The molecule has 0 saturated carbocycles. The Morgan fingerprint density at radius 1 is 1.28 bits per heavy atom. The summed E-state index contributed by atoms with van der Waals surface area (Å²) in [6.45, 7) is 5.79. The first kappa shape index (κ1) is 17.6. The van der Waals surface area contributed by atoms with Crippen LogP contribution in [0.2, 0.25) is 0 Å². The molecule has 1 aromatic heterocycles. The van der Waals surface area contributed by atoms with Crippen LogP contribution in [0.15, 0.2) is 24.3 Å². The highest BCUT2D eigenvalue weighted by Gasteiger charge is 2.24. The van der Waals surface area contributed by atoms with E-state index in [4.69, 9.17) is 0 Å². The van der Waals surface area contributed by atoms with E-state index in [2.05, 4.69) is 10.4 Å². The fourth-order valence-corrected chi connectivity index (χ4v) is 3.44. The summed E-state index contributed by atoms with van der Waals surface area (Å²) in [7, 11) is 1.90. The number of hydrogen-bond acceptors (Lipinski definition) is 3. The molecule has 1 fully saturated rings. The van der Waals surface area contributed by atoms with Crippen molar-refractivity contribution in [3.05, 3.63) is 47.0 Å². The number of rotatable bonds is 4. The molecule has 5 nitrogen and oxygen atoms in total. The fraction of sp³-hybridized carbons (Fsp3) is 0.474. The second-order valence-corrected chi connectivity index (χ2v) is 6.70. The smallest absolute Gasteiger partial charge is 0.227 e. The SMILES string of the molecule is Cc1nn(-c2ccc(F)cc2)c(C)c1CC(=O)N(C)C1CCNCC1. The third kappa shape index (κ3) is 3.74. The number of amides is 1. The molecule has 0 unspecified atom stereocenters. The van der Waals surface area contributed by atoms with Gasteiger partial charge in [-0.1, -0.05) is 0 Å². The number of likely N-dealkylation sites (N-methyl/N-ethyl adjacent to an activating group) is 1. The fourth-order valence-electron chi connectivity index (χ4n) is 3.44. The van der Waals surface area contributed by atoms with Gasteiger partial charge in [0.05, 0.1) is 17.8 Å². The van der Waals surface area contributed by atoms with E-state index in [1.807, 2.05) is 25.8 Å². The summed E-state index contributed by atoms with van der Waals surface area (Å²) in [5.74, 6) is -0.152. The van der Waals surface area contributed by atoms with Gasteiger partial charge >= 0.3 is 0 Å². The van der Waals surface area contributed by atoms with Crippen LogP contribution < -0.4 is 5.32 Å². The lowest BCUT2D eigenvalue weighted by Crippen LogP contribution is -2.44. The predicted molar refractivity (Wildman–Crippen MR) is 95.4 cm³/mol. The van der Waals surface area contributed by atoms with E-state index in [1.54, 1.807) is 16.8 Å². The Hall–Kier alpha value is -2.21. The van der Waals surface area contributed by atoms with Gasteiger partial charge in [-0.3, -0.25) is 4.79 Å². The number of nitrogens with one attached hydrogen (secondary N) is 1. The van der Waals surface area contributed by atoms with E-state index >= 15 is 0 Å². The van der Waals surface area contributed by atoms with E-state index < -0.39 is 0 Å². The first-order valence-electron chi connectivity index (χ1n) is 8.75. The van der Waals surface area contributed by atoms with Crippen LogP contribution in [0.1, 0.15) is 29.8 Å². The molecule has 1 amide bonds. The van der Waals surface area contributed by atoms with Gasteiger partial charge in [-0.05, 0) is 64.0 Å². The summed E-state index contributed by atoms with van der Waals surface area (Å²) < 4.78 is 14.9. The van der Waals surface area contributed by atoms with E-state index in [0.29, 0.717) is 12.5 Å². The van der Waals surface area contributed by atoms with Crippen molar-refractivity contribution < 1.29 is 9.18 Å². The van der Waals surface area contributed by atoms with Gasteiger partial charge in [-0.2, -0.15) is 5.10 Å². The number of halogens is 1. The minimum Gasteiger partial charge on any atom is -0.342 e. The molecular formula is C19H25FN4O. The molecule has 134 valence electrons. The highest BCUT2D eigenvalue weighted by Crippen LogP contribution is 2.20. The van der Waals surface area contributed by atoms with Crippen LogP contribution >= 0.6 is 0 Å². The maximum absolute atomic E-state index is 13.1. The van der Waals surface area contributed by atoms with Crippen LogP contribution in [-0.4, -0.2) is 46.8 Å². The standard InChI is InChI=1S/C19H25FN4O/c1-13-18(12-19(25)23(3)16-8-10-21-11-9-16)14(2)24(22-13)17-6-4-15(20)5-7-17/h4-7,16,21H,8-12H2,1-3H3. The molecule has 0 bridgehead atoms. The Bertz CT molecular complexity index is 748. The van der Waals surface area contributed by atoms with Gasteiger partial charge in [-0.15, -0.1) is 0 Å². The van der Waals surface area contributed by atoms with Crippen LogP contribution in [0.3, 0.4) is 0 Å². The third-order valence-corrected chi connectivity index (χ3v) is 5.09. The third-order valence-electron chi connectivity index (χ3n) is 5.09. The summed E-state index contributed by atoms with van der Waals surface area (Å²) >= 11 is 0. The lowest BCUT2D eigenvalue weighted by atomic mass is 10.0. The van der Waals surface area contributed by atoms with Gasteiger partial charge in [0, 0.05) is 24.3 Å². The molecule has 3 rings (SSSR count). The average Bonchev–Trinajstić information content (AvgIpc) is 2.90. The Labute approximate surface area is 147 Å². The number of benzene rings is 1. The van der Waals surface area contributed by atoms with Crippen molar-refractivity contribution in [3.8, 4) is 5.69 Å². The molecule has 6 heteroatoms. The van der Waals surface area contributed by atoms with E-state index in [1.165, 1.54) is 12.1 Å². The number of hydrogen-bond donors (Lipinski definition) is 1. The first-order chi connectivity index (χ1) is 12.0. The average molecular weight is 344 g/mol. The van der Waals surface area contributed by atoms with Crippen LogP contribution in [0.4, 0.5) is 4.39 Å². The number of aromatic nitrogens is 2. The molecular weight excluding hydrogens is 319 g/mol. The lowest BCUT2D eigenvalue weighted by molar-refractivity contribution is -0.131. The van der Waals surface area contributed by atoms with E-state index in [9.17, 15) is 9.18 Å². The summed E-state index contributed by atoms with van der Waals surface area (Å²) in [6.07, 6.45) is 2.34. The van der Waals surface area contributed by atoms with Gasteiger partial charge in [-0.25, -0.2) is 9.07 Å². The highest BCUT2D eigenvalue weighted by molar-refractivity contribution is 5.79. The molecule has 0 spiro atoms. The quantitative estimate of drug-likeness (QED) is 0.926. The van der Waals surface area contributed by atoms with Crippen molar-refractivity contribution in [2.24, 2.45) is 0 Å². The van der Waals surface area contributed by atoms with Gasteiger partial charge in [0.15, 0.2) is 0 Å². The predicted octanol–water partition coefficient (Wildman–Crippen LogP) is 2.38. The van der Waals surface area contributed by atoms with Crippen molar-refractivity contribution in [1.29, 1.82) is 0 Å². The molecule has 1 saturated heterocycles. The second kappa shape index (κ2) is 7.35. The van der Waals surface area contributed by atoms with Crippen LogP contribution in [0, 0.1) is 19.7 Å². The number of carbonyl (C=O) groups excluding carboxylic acids is 1. The normalized spacial score (nSPS) is 15.4. The molecule has 1 aromatic carbocycles. The van der Waals surface area contributed by atoms with Gasteiger partial charge in [0.1, 0.15) is 5.82 Å². The van der Waals surface area contributed by atoms with Crippen molar-refractivity contribution in [2.45, 2.75) is 39.2 Å². The molecule has 25 heavy (non-hydrogen) atoms. The van der Waals surface area contributed by atoms with Crippen LogP contribution in [0.25, 0.3) is 5.69 Å². The Kier molecular flexibility index (Phi) is 5.18. The van der Waals surface area contributed by atoms with Crippen molar-refractivity contribution in [3.63, 3.8) is 0 Å². The van der Waals surface area contributed by atoms with E-state index in [-0.39, 0.29) is 11.7 Å². The molecule has 1 aliphatic heterocycles. The van der Waals surface area contributed by atoms with E-state index in [0.717, 1.165) is 48.6 Å². The Balaban J connectivity index is 1.78. The van der Waals surface area contributed by atoms with Crippen LogP contribution in [-0.2, 0) is 11.2 Å². The molecule has 0 aliphatic carbocycles. The van der Waals surface area contributed by atoms with Crippen molar-refractivity contribution in [2.75, 3.05) is 20.1 Å². The van der Waals surface area contributed by atoms with Gasteiger partial charge in [0.2, 0.25) is 5.91 Å². The molecule has 0 atom stereocenters. The molecule has 2 heterocycles. The lowest BCUT2D eigenvalue weighted by Gasteiger charge is -2.31. The number of piperidine rings is 1. The monoisotopic (exact) mass is 344 g/mol. The number of nitrogens with zero attached hydrogens (tertiary/aromatic N) is 3. The molecule has 0 radical (unpaired) electrons. The summed E-state index contributed by atoms with van der Waals surface area (Å²) in [5, 5.41) is 7.87. The molecule has 1 N–H and O–H groups in total. The maximum Gasteiger partial charge on any atom is 0.227 e. The minimum atomic E-state index is -0.274. The Morgan fingerprint density at radius 3 is 2.56 bits per heavy atom. The zero-order chi connectivity index (χ0) is 18.0. The summed E-state index contributed by atoms with van der Waals surface area (Å²) in [5.41, 5.74) is 3.52. The van der Waals surface area contributed by atoms with Gasteiger partial charge < -0.3 is 10.2 Å².